The van der Waals surface area contributed by atoms with Crippen LogP contribution >= 0.6 is 11.3 Å². The Labute approximate surface area is 159 Å². The first-order valence-electron chi connectivity index (χ1n) is 9.40. The van der Waals surface area contributed by atoms with Gasteiger partial charge in [-0.15, -0.1) is 11.3 Å². The van der Waals surface area contributed by atoms with Gasteiger partial charge in [0.05, 0.1) is 11.1 Å². The third-order valence-corrected chi connectivity index (χ3v) is 6.90. The summed E-state index contributed by atoms with van der Waals surface area (Å²) >= 11 is 1.58. The summed E-state index contributed by atoms with van der Waals surface area (Å²) in [4.78, 5) is 31.1. The van der Waals surface area contributed by atoms with E-state index in [0.29, 0.717) is 11.1 Å². The van der Waals surface area contributed by atoms with E-state index in [1.165, 1.54) is 15.9 Å². The highest BCUT2D eigenvalue weighted by Crippen LogP contribution is 2.32. The lowest BCUT2D eigenvalue weighted by Gasteiger charge is -2.07. The molecular weight excluding hydrogens is 358 g/mol. The number of fused-ring (bicyclic) bond motifs is 4. The van der Waals surface area contributed by atoms with Gasteiger partial charge >= 0.3 is 5.69 Å². The normalized spacial score (nSPS) is 14.6. The summed E-state index contributed by atoms with van der Waals surface area (Å²) in [5.41, 5.74) is 3.44. The van der Waals surface area contributed by atoms with Crippen molar-refractivity contribution in [1.82, 2.24) is 14.1 Å². The van der Waals surface area contributed by atoms with Gasteiger partial charge in [0.15, 0.2) is 0 Å². The first-order chi connectivity index (χ1) is 13.0. The number of aryl methyl sites for hydroxylation is 4. The Bertz CT molecular complexity index is 1320. The fourth-order valence-corrected chi connectivity index (χ4v) is 5.64. The Morgan fingerprint density at radius 2 is 1.93 bits per heavy atom. The molecule has 6 heteroatoms. The number of aromatic amines is 1. The third-order valence-electron chi connectivity index (χ3n) is 5.69. The van der Waals surface area contributed by atoms with Crippen LogP contribution in [0.5, 0.6) is 0 Å². The lowest BCUT2D eigenvalue weighted by Crippen LogP contribution is -2.33. The van der Waals surface area contributed by atoms with E-state index in [1.54, 1.807) is 11.3 Å². The van der Waals surface area contributed by atoms with Crippen LogP contribution in [-0.4, -0.2) is 14.1 Å². The van der Waals surface area contributed by atoms with Gasteiger partial charge < -0.3 is 4.57 Å². The second kappa shape index (κ2) is 5.96. The molecule has 0 spiro atoms. The van der Waals surface area contributed by atoms with Crippen molar-refractivity contribution in [1.29, 1.82) is 0 Å². The molecule has 0 unspecified atom stereocenters. The van der Waals surface area contributed by atoms with Crippen molar-refractivity contribution in [3.05, 3.63) is 61.2 Å². The largest absolute Gasteiger partial charge is 0.350 e. The van der Waals surface area contributed by atoms with Crippen molar-refractivity contribution >= 4 is 32.5 Å². The molecule has 138 valence electrons. The summed E-state index contributed by atoms with van der Waals surface area (Å²) in [6, 6.07) is 5.77. The lowest BCUT2D eigenvalue weighted by molar-refractivity contribution is 0.713. The Morgan fingerprint density at radius 1 is 1.11 bits per heavy atom. The van der Waals surface area contributed by atoms with Crippen molar-refractivity contribution in [2.45, 2.75) is 39.0 Å². The average molecular weight is 379 g/mol. The van der Waals surface area contributed by atoms with E-state index in [-0.39, 0.29) is 11.2 Å². The molecule has 3 aromatic heterocycles. The molecule has 0 atom stereocenters. The van der Waals surface area contributed by atoms with Crippen molar-refractivity contribution < 1.29 is 0 Å². The minimum atomic E-state index is -0.364. The molecular formula is C21H21N3O2S. The molecule has 0 bridgehead atoms. The molecule has 4 aromatic rings. The van der Waals surface area contributed by atoms with Crippen LogP contribution in [0, 0.1) is 6.92 Å². The monoisotopic (exact) mass is 379 g/mol. The standard InChI is InChI=1S/C21H21N3O2S/c1-12-11-23(2)16-9-8-13(10-15(12)16)24-20(25)18-14-6-4-3-5-7-17(14)27-19(18)22-21(24)26/h8-11H,3-7H2,1-2H3,(H,22,26). The summed E-state index contributed by atoms with van der Waals surface area (Å²) < 4.78 is 3.36. The minimum absolute atomic E-state index is 0.193. The molecule has 1 aliphatic carbocycles. The van der Waals surface area contributed by atoms with E-state index in [9.17, 15) is 9.59 Å². The second-order valence-corrected chi connectivity index (χ2v) is 8.57. The zero-order valence-corrected chi connectivity index (χ0v) is 16.3. The van der Waals surface area contributed by atoms with E-state index in [1.807, 2.05) is 32.2 Å². The number of nitrogens with one attached hydrogen (secondary N) is 1. The molecule has 1 aromatic carbocycles. The smallest absolute Gasteiger partial charge is 0.334 e. The predicted octanol–water partition coefficient (Wildman–Crippen LogP) is 3.81. The first-order valence-corrected chi connectivity index (χ1v) is 10.2. The van der Waals surface area contributed by atoms with Crippen LogP contribution in [0.1, 0.15) is 35.3 Å². The summed E-state index contributed by atoms with van der Waals surface area (Å²) in [5, 5.41) is 1.77. The molecule has 5 nitrogen and oxygen atoms in total. The van der Waals surface area contributed by atoms with Crippen LogP contribution in [0.3, 0.4) is 0 Å². The fraction of sp³-hybridized carbons (Fsp3) is 0.333. The minimum Gasteiger partial charge on any atom is -0.350 e. The third kappa shape index (κ3) is 2.43. The zero-order chi connectivity index (χ0) is 18.7. The zero-order valence-electron chi connectivity index (χ0n) is 15.5. The summed E-state index contributed by atoms with van der Waals surface area (Å²) in [6.45, 7) is 2.04. The topological polar surface area (TPSA) is 59.8 Å². The van der Waals surface area contributed by atoms with E-state index in [4.69, 9.17) is 0 Å². The van der Waals surface area contributed by atoms with Crippen LogP contribution in [-0.2, 0) is 19.9 Å². The number of hydrogen-bond acceptors (Lipinski definition) is 3. The van der Waals surface area contributed by atoms with Crippen LogP contribution in [0.2, 0.25) is 0 Å². The Hall–Kier alpha value is -2.60. The summed E-state index contributed by atoms with van der Waals surface area (Å²) in [7, 11) is 2.00. The number of thiophene rings is 1. The van der Waals surface area contributed by atoms with E-state index < -0.39 is 0 Å². The van der Waals surface area contributed by atoms with Crippen molar-refractivity contribution in [3.63, 3.8) is 0 Å². The van der Waals surface area contributed by atoms with Crippen molar-refractivity contribution in [3.8, 4) is 5.69 Å². The van der Waals surface area contributed by atoms with E-state index >= 15 is 0 Å². The Balaban J connectivity index is 1.81. The average Bonchev–Trinajstić information content (AvgIpc) is 3.01. The second-order valence-electron chi connectivity index (χ2n) is 7.46. The summed E-state index contributed by atoms with van der Waals surface area (Å²) in [5.74, 6) is 0. The highest BCUT2D eigenvalue weighted by atomic mass is 32.1. The Kier molecular flexibility index (Phi) is 3.65. The number of hydrogen-bond donors (Lipinski definition) is 1. The number of H-pyrrole nitrogens is 1. The van der Waals surface area contributed by atoms with Crippen molar-refractivity contribution in [2.75, 3.05) is 0 Å². The van der Waals surface area contributed by atoms with Gasteiger partial charge in [0.2, 0.25) is 0 Å². The van der Waals surface area contributed by atoms with E-state index in [0.717, 1.165) is 52.5 Å². The highest BCUT2D eigenvalue weighted by molar-refractivity contribution is 7.18. The number of aromatic nitrogens is 3. The van der Waals surface area contributed by atoms with Gasteiger partial charge in [-0.3, -0.25) is 9.78 Å². The molecule has 0 fully saturated rings. The molecule has 27 heavy (non-hydrogen) atoms. The molecule has 0 saturated carbocycles. The van der Waals surface area contributed by atoms with Crippen LogP contribution in [0.4, 0.5) is 0 Å². The van der Waals surface area contributed by atoms with Gasteiger partial charge in [0.1, 0.15) is 4.83 Å². The molecule has 1 aliphatic rings. The van der Waals surface area contributed by atoms with Gasteiger partial charge in [-0.25, -0.2) is 9.36 Å². The van der Waals surface area contributed by atoms with Gasteiger partial charge in [-0.05, 0) is 61.9 Å². The predicted molar refractivity (Wildman–Crippen MR) is 111 cm³/mol. The maximum atomic E-state index is 13.4. The van der Waals surface area contributed by atoms with Gasteiger partial charge in [0, 0.05) is 29.0 Å². The quantitative estimate of drug-likeness (QED) is 0.511. The van der Waals surface area contributed by atoms with Crippen LogP contribution < -0.4 is 11.2 Å². The number of benzene rings is 1. The van der Waals surface area contributed by atoms with Gasteiger partial charge in [0.25, 0.3) is 5.56 Å². The number of rotatable bonds is 1. The molecule has 0 radical (unpaired) electrons. The molecule has 0 aliphatic heterocycles. The van der Waals surface area contributed by atoms with Crippen LogP contribution in [0.15, 0.2) is 34.0 Å². The SMILES string of the molecule is Cc1cn(C)c2ccc(-n3c(=O)[nH]c4sc5c(c4c3=O)CCCCC5)cc12. The molecule has 0 saturated heterocycles. The molecule has 3 heterocycles. The summed E-state index contributed by atoms with van der Waals surface area (Å²) in [6.07, 6.45) is 7.45. The van der Waals surface area contributed by atoms with Gasteiger partial charge in [-0.1, -0.05) is 6.42 Å². The number of nitrogens with zero attached hydrogens (tertiary/aromatic N) is 2. The first kappa shape index (κ1) is 16.6. The molecule has 5 rings (SSSR count). The highest BCUT2D eigenvalue weighted by Gasteiger charge is 2.20. The fourth-order valence-electron chi connectivity index (χ4n) is 4.36. The Morgan fingerprint density at radius 3 is 2.78 bits per heavy atom. The maximum absolute atomic E-state index is 13.4. The van der Waals surface area contributed by atoms with Crippen molar-refractivity contribution in [2.24, 2.45) is 7.05 Å². The lowest BCUT2D eigenvalue weighted by atomic mass is 10.1. The van der Waals surface area contributed by atoms with Gasteiger partial charge in [-0.2, -0.15) is 0 Å². The molecule has 0 amide bonds. The maximum Gasteiger partial charge on any atom is 0.334 e. The van der Waals surface area contributed by atoms with Crippen LogP contribution in [0.25, 0.3) is 26.8 Å². The molecule has 1 N–H and O–H groups in total. The van der Waals surface area contributed by atoms with E-state index in [2.05, 4.69) is 15.7 Å².